The van der Waals surface area contributed by atoms with E-state index in [2.05, 4.69) is 33.1 Å². The number of aliphatic imine (C=N–C) groups is 1. The van der Waals surface area contributed by atoms with E-state index >= 15 is 0 Å². The van der Waals surface area contributed by atoms with Crippen molar-refractivity contribution in [1.82, 2.24) is 16.0 Å². The summed E-state index contributed by atoms with van der Waals surface area (Å²) < 4.78 is 5.86. The zero-order chi connectivity index (χ0) is 17.5. The topological polar surface area (TPSA) is 74.8 Å². The van der Waals surface area contributed by atoms with Gasteiger partial charge in [0.05, 0.1) is 18.2 Å². The molecule has 1 aromatic carbocycles. The minimum absolute atomic E-state index is 0.0580. The third-order valence-corrected chi connectivity index (χ3v) is 4.73. The van der Waals surface area contributed by atoms with E-state index in [1.54, 1.807) is 0 Å². The Hall–Kier alpha value is -2.08. The van der Waals surface area contributed by atoms with Gasteiger partial charge in [0.25, 0.3) is 0 Å². The van der Waals surface area contributed by atoms with Gasteiger partial charge in [-0.05, 0) is 38.2 Å². The molecule has 6 heteroatoms. The summed E-state index contributed by atoms with van der Waals surface area (Å²) in [7, 11) is 0. The van der Waals surface area contributed by atoms with Gasteiger partial charge in [-0.3, -0.25) is 4.79 Å². The van der Waals surface area contributed by atoms with Gasteiger partial charge >= 0.3 is 0 Å². The highest BCUT2D eigenvalue weighted by molar-refractivity contribution is 5.85. The van der Waals surface area contributed by atoms with Gasteiger partial charge in [-0.1, -0.05) is 30.3 Å². The van der Waals surface area contributed by atoms with Crippen LogP contribution in [0, 0.1) is 0 Å². The summed E-state index contributed by atoms with van der Waals surface area (Å²) in [5, 5.41) is 9.55. The van der Waals surface area contributed by atoms with Crippen LogP contribution in [0.15, 0.2) is 35.3 Å². The van der Waals surface area contributed by atoms with Crippen molar-refractivity contribution in [2.75, 3.05) is 19.6 Å². The Balaban J connectivity index is 1.41. The molecule has 3 unspecified atom stereocenters. The van der Waals surface area contributed by atoms with Crippen LogP contribution < -0.4 is 16.0 Å². The number of nitrogens with zero attached hydrogens (tertiary/aromatic N) is 1. The quantitative estimate of drug-likeness (QED) is 0.514. The third kappa shape index (κ3) is 5.19. The van der Waals surface area contributed by atoms with Crippen molar-refractivity contribution in [3.63, 3.8) is 0 Å². The molecule has 0 spiro atoms. The lowest BCUT2D eigenvalue weighted by atomic mass is 9.96. The predicted octanol–water partition coefficient (Wildman–Crippen LogP) is 1.22. The molecule has 3 atom stereocenters. The lowest BCUT2D eigenvalue weighted by Gasteiger charge is -2.22. The fraction of sp³-hybridized carbons (Fsp3) is 0.579. The van der Waals surface area contributed by atoms with Gasteiger partial charge in [0.2, 0.25) is 5.91 Å². The highest BCUT2D eigenvalue weighted by Crippen LogP contribution is 2.34. The van der Waals surface area contributed by atoms with Gasteiger partial charge < -0.3 is 20.7 Å². The molecule has 3 N–H and O–H groups in total. The molecular formula is C19H28N4O2. The zero-order valence-electron chi connectivity index (χ0n) is 14.8. The van der Waals surface area contributed by atoms with Gasteiger partial charge in [-0.2, -0.15) is 0 Å². The molecule has 0 aliphatic carbocycles. The zero-order valence-corrected chi connectivity index (χ0v) is 14.8. The van der Waals surface area contributed by atoms with E-state index in [0.717, 1.165) is 25.8 Å². The molecule has 1 aromatic rings. The summed E-state index contributed by atoms with van der Waals surface area (Å²) in [6.45, 7) is 3.55. The summed E-state index contributed by atoms with van der Waals surface area (Å²) in [5.74, 6) is 0.638. The number of amides is 1. The molecule has 2 aliphatic rings. The van der Waals surface area contributed by atoms with Crippen molar-refractivity contribution in [3.8, 4) is 0 Å². The molecule has 3 rings (SSSR count). The van der Waals surface area contributed by atoms with E-state index in [1.807, 2.05) is 25.1 Å². The molecule has 136 valence electrons. The average molecular weight is 344 g/mol. The van der Waals surface area contributed by atoms with Crippen molar-refractivity contribution >= 4 is 11.9 Å². The van der Waals surface area contributed by atoms with Crippen LogP contribution in [0.2, 0.25) is 0 Å². The average Bonchev–Trinajstić information content (AvgIpc) is 3.24. The Morgan fingerprint density at radius 1 is 1.24 bits per heavy atom. The largest absolute Gasteiger partial charge is 0.373 e. The molecule has 25 heavy (non-hydrogen) atoms. The number of ether oxygens (including phenoxy) is 1. The number of hydrogen-bond acceptors (Lipinski definition) is 3. The molecule has 2 fully saturated rings. The normalized spacial score (nSPS) is 25.0. The maximum Gasteiger partial charge on any atom is 0.241 e. The van der Waals surface area contributed by atoms with Crippen LogP contribution in [0.3, 0.4) is 0 Å². The van der Waals surface area contributed by atoms with E-state index < -0.39 is 0 Å². The summed E-state index contributed by atoms with van der Waals surface area (Å²) in [6.07, 6.45) is 4.82. The highest BCUT2D eigenvalue weighted by atomic mass is 16.5. The number of carbonyl (C=O) groups is 1. The van der Waals surface area contributed by atoms with Crippen LogP contribution in [-0.4, -0.2) is 49.8 Å². The van der Waals surface area contributed by atoms with Crippen molar-refractivity contribution in [2.24, 2.45) is 4.99 Å². The van der Waals surface area contributed by atoms with Crippen molar-refractivity contribution < 1.29 is 9.53 Å². The first-order valence-electron chi connectivity index (χ1n) is 9.25. The fourth-order valence-corrected chi connectivity index (χ4v) is 3.48. The molecule has 1 amide bonds. The third-order valence-electron chi connectivity index (χ3n) is 4.73. The first kappa shape index (κ1) is 17.7. The summed E-state index contributed by atoms with van der Waals surface area (Å²) in [5.41, 5.74) is 1.22. The molecular weight excluding hydrogens is 316 g/mol. The Morgan fingerprint density at radius 2 is 2.08 bits per heavy atom. The Morgan fingerprint density at radius 3 is 2.76 bits per heavy atom. The standard InChI is InChI=1S/C19H28N4O2/c1-2-20-19(23-16-12-15-8-9-17(16)25-15)22-13-18(24)21-11-10-14-6-4-3-5-7-14/h3-7,15-17H,2,8-13H2,1H3,(H,21,24)(H2,20,22,23). The van der Waals surface area contributed by atoms with Gasteiger partial charge in [0.1, 0.15) is 6.54 Å². The molecule has 2 heterocycles. The van der Waals surface area contributed by atoms with Gasteiger partial charge in [-0.25, -0.2) is 4.99 Å². The summed E-state index contributed by atoms with van der Waals surface area (Å²) in [6, 6.07) is 10.4. The number of rotatable bonds is 7. The number of benzene rings is 1. The molecule has 0 aromatic heterocycles. The van der Waals surface area contributed by atoms with Crippen molar-refractivity contribution in [1.29, 1.82) is 0 Å². The SMILES string of the molecule is CCNC(=NCC(=O)NCCc1ccccc1)NC1CC2CCC1O2. The molecule has 2 aliphatic heterocycles. The van der Waals surface area contributed by atoms with Crippen LogP contribution in [0.5, 0.6) is 0 Å². The van der Waals surface area contributed by atoms with Crippen molar-refractivity contribution in [2.45, 2.75) is 50.9 Å². The van der Waals surface area contributed by atoms with Gasteiger partial charge in [0.15, 0.2) is 5.96 Å². The lowest BCUT2D eigenvalue weighted by molar-refractivity contribution is -0.119. The molecule has 2 bridgehead atoms. The van der Waals surface area contributed by atoms with Gasteiger partial charge in [0, 0.05) is 13.1 Å². The minimum atomic E-state index is -0.0580. The lowest BCUT2D eigenvalue weighted by Crippen LogP contribution is -2.47. The van der Waals surface area contributed by atoms with Crippen LogP contribution in [0.1, 0.15) is 31.7 Å². The fourth-order valence-electron chi connectivity index (χ4n) is 3.48. The molecule has 0 radical (unpaired) electrons. The highest BCUT2D eigenvalue weighted by Gasteiger charge is 2.41. The molecule has 2 saturated heterocycles. The summed E-state index contributed by atoms with van der Waals surface area (Å²) >= 11 is 0. The first-order chi connectivity index (χ1) is 12.2. The van der Waals surface area contributed by atoms with Crippen LogP contribution >= 0.6 is 0 Å². The second-order valence-electron chi connectivity index (χ2n) is 6.64. The minimum Gasteiger partial charge on any atom is -0.373 e. The number of guanidine groups is 1. The number of fused-ring (bicyclic) bond motifs is 2. The van der Waals surface area contributed by atoms with Crippen molar-refractivity contribution in [3.05, 3.63) is 35.9 Å². The van der Waals surface area contributed by atoms with E-state index in [9.17, 15) is 4.79 Å². The smallest absolute Gasteiger partial charge is 0.241 e. The number of hydrogen-bond donors (Lipinski definition) is 3. The Labute approximate surface area is 149 Å². The van der Waals surface area contributed by atoms with E-state index in [4.69, 9.17) is 4.74 Å². The first-order valence-corrected chi connectivity index (χ1v) is 9.25. The van der Waals surface area contributed by atoms with E-state index in [0.29, 0.717) is 24.7 Å². The van der Waals surface area contributed by atoms with E-state index in [-0.39, 0.29) is 18.6 Å². The second kappa shape index (κ2) is 8.85. The Kier molecular flexibility index (Phi) is 6.28. The maximum absolute atomic E-state index is 12.0. The van der Waals surface area contributed by atoms with Crippen LogP contribution in [0.25, 0.3) is 0 Å². The predicted molar refractivity (Wildman–Crippen MR) is 98.6 cm³/mol. The monoisotopic (exact) mass is 344 g/mol. The van der Waals surface area contributed by atoms with Crippen LogP contribution in [-0.2, 0) is 16.0 Å². The number of carbonyl (C=O) groups excluding carboxylic acids is 1. The van der Waals surface area contributed by atoms with Gasteiger partial charge in [-0.15, -0.1) is 0 Å². The van der Waals surface area contributed by atoms with Crippen LogP contribution in [0.4, 0.5) is 0 Å². The second-order valence-corrected chi connectivity index (χ2v) is 6.64. The number of nitrogens with one attached hydrogen (secondary N) is 3. The maximum atomic E-state index is 12.0. The molecule has 0 saturated carbocycles. The summed E-state index contributed by atoms with van der Waals surface area (Å²) in [4.78, 5) is 16.4. The van der Waals surface area contributed by atoms with E-state index in [1.165, 1.54) is 12.0 Å². The molecule has 6 nitrogen and oxygen atoms in total. The Bertz CT molecular complexity index is 590.